The van der Waals surface area contributed by atoms with E-state index in [1.165, 1.54) is 0 Å². The van der Waals surface area contributed by atoms with E-state index in [9.17, 15) is 12.8 Å². The first-order valence-electron chi connectivity index (χ1n) is 4.99. The van der Waals surface area contributed by atoms with Gasteiger partial charge in [0, 0.05) is 0 Å². The molecule has 5 nitrogen and oxygen atoms in total. The Kier molecular flexibility index (Phi) is 3.15. The topological polar surface area (TPSA) is 72.0 Å². The summed E-state index contributed by atoms with van der Waals surface area (Å²) in [5.74, 6) is -0.522. The first-order valence-corrected chi connectivity index (χ1v) is 6.64. The van der Waals surface area contributed by atoms with Gasteiger partial charge in [-0.15, -0.1) is 0 Å². The Morgan fingerprint density at radius 1 is 1.44 bits per heavy atom. The third-order valence-corrected chi connectivity index (χ3v) is 4.17. The molecule has 88 valence electrons. The number of nitrogens with zero attached hydrogens (tertiary/aromatic N) is 2. The largest absolute Gasteiger partial charge is 0.316 e. The van der Waals surface area contributed by atoms with Gasteiger partial charge in [-0.05, 0) is 25.4 Å². The SMILES string of the molecule is O=S(=O)(C[C@H]1CCNC1)c1ncc(F)cn1. The number of sulfone groups is 1. The number of hydrogen-bond donors (Lipinski definition) is 1. The summed E-state index contributed by atoms with van der Waals surface area (Å²) in [7, 11) is -3.49. The fraction of sp³-hybridized carbons (Fsp3) is 0.556. The van der Waals surface area contributed by atoms with Crippen LogP contribution in [0.5, 0.6) is 0 Å². The van der Waals surface area contributed by atoms with Crippen LogP contribution in [0.4, 0.5) is 4.39 Å². The molecule has 2 rings (SSSR count). The maximum atomic E-state index is 12.5. The summed E-state index contributed by atoms with van der Waals surface area (Å²) in [5, 5.41) is 2.80. The molecule has 7 heteroatoms. The molecule has 0 bridgehead atoms. The van der Waals surface area contributed by atoms with E-state index in [1.807, 2.05) is 0 Å². The second-order valence-corrected chi connectivity index (χ2v) is 5.75. The van der Waals surface area contributed by atoms with Crippen LogP contribution in [-0.2, 0) is 9.84 Å². The summed E-state index contributed by atoms with van der Waals surface area (Å²) in [6.45, 7) is 1.53. The first kappa shape index (κ1) is 11.4. The monoisotopic (exact) mass is 245 g/mol. The maximum Gasteiger partial charge on any atom is 0.247 e. The van der Waals surface area contributed by atoms with Crippen molar-refractivity contribution in [1.82, 2.24) is 15.3 Å². The lowest BCUT2D eigenvalue weighted by Gasteiger charge is -2.07. The summed E-state index contributed by atoms with van der Waals surface area (Å²) < 4.78 is 36.2. The van der Waals surface area contributed by atoms with Crippen LogP contribution in [0.25, 0.3) is 0 Å². The van der Waals surface area contributed by atoms with E-state index in [4.69, 9.17) is 0 Å². The van der Waals surface area contributed by atoms with Gasteiger partial charge in [-0.3, -0.25) is 0 Å². The Morgan fingerprint density at radius 2 is 2.12 bits per heavy atom. The van der Waals surface area contributed by atoms with E-state index in [0.29, 0.717) is 6.54 Å². The minimum Gasteiger partial charge on any atom is -0.316 e. The second kappa shape index (κ2) is 4.42. The van der Waals surface area contributed by atoms with Gasteiger partial charge in [-0.25, -0.2) is 22.8 Å². The predicted molar refractivity (Wildman–Crippen MR) is 55.0 cm³/mol. The molecule has 0 unspecified atom stereocenters. The Hall–Kier alpha value is -1.08. The van der Waals surface area contributed by atoms with E-state index < -0.39 is 15.7 Å². The van der Waals surface area contributed by atoms with Gasteiger partial charge in [0.05, 0.1) is 18.1 Å². The molecule has 0 aromatic carbocycles. The molecule has 16 heavy (non-hydrogen) atoms. The van der Waals surface area contributed by atoms with Crippen molar-refractivity contribution in [2.24, 2.45) is 5.92 Å². The minimum absolute atomic E-state index is 0.0195. The molecule has 0 saturated carbocycles. The van der Waals surface area contributed by atoms with Crippen LogP contribution in [-0.4, -0.2) is 37.2 Å². The van der Waals surface area contributed by atoms with E-state index in [2.05, 4.69) is 15.3 Å². The highest BCUT2D eigenvalue weighted by atomic mass is 32.2. The summed E-state index contributed by atoms with van der Waals surface area (Å²) >= 11 is 0. The van der Waals surface area contributed by atoms with Crippen LogP contribution in [0, 0.1) is 11.7 Å². The van der Waals surface area contributed by atoms with Gasteiger partial charge in [0.2, 0.25) is 15.0 Å². The van der Waals surface area contributed by atoms with Crippen LogP contribution in [0.2, 0.25) is 0 Å². The number of hydrogen-bond acceptors (Lipinski definition) is 5. The highest BCUT2D eigenvalue weighted by molar-refractivity contribution is 7.91. The van der Waals surface area contributed by atoms with Crippen LogP contribution in [0.3, 0.4) is 0 Å². The molecule has 2 heterocycles. The highest BCUT2D eigenvalue weighted by Crippen LogP contribution is 2.14. The van der Waals surface area contributed by atoms with Crippen molar-refractivity contribution in [2.45, 2.75) is 11.6 Å². The average Bonchev–Trinajstić information content (AvgIpc) is 2.70. The van der Waals surface area contributed by atoms with Gasteiger partial charge in [-0.2, -0.15) is 0 Å². The molecule has 1 aromatic rings. The third kappa shape index (κ3) is 2.53. The van der Waals surface area contributed by atoms with Gasteiger partial charge >= 0.3 is 0 Å². The molecule has 0 aliphatic carbocycles. The fourth-order valence-corrected chi connectivity index (χ4v) is 3.18. The molecule has 1 aliphatic rings. The predicted octanol–water partition coefficient (Wildman–Crippen LogP) is -0.00110. The average molecular weight is 245 g/mol. The lowest BCUT2D eigenvalue weighted by molar-refractivity contribution is 0.557. The van der Waals surface area contributed by atoms with Gasteiger partial charge in [0.1, 0.15) is 0 Å². The lowest BCUT2D eigenvalue weighted by Crippen LogP contribution is -2.20. The second-order valence-electron chi connectivity index (χ2n) is 3.82. The fourth-order valence-electron chi connectivity index (χ4n) is 1.70. The van der Waals surface area contributed by atoms with Crippen molar-refractivity contribution >= 4 is 9.84 Å². The summed E-state index contributed by atoms with van der Waals surface area (Å²) in [6.07, 6.45) is 2.57. The van der Waals surface area contributed by atoms with E-state index >= 15 is 0 Å². The molecule has 1 aliphatic heterocycles. The van der Waals surface area contributed by atoms with Gasteiger partial charge in [0.15, 0.2) is 5.82 Å². The molecule has 0 spiro atoms. The van der Waals surface area contributed by atoms with E-state index in [0.717, 1.165) is 25.4 Å². The zero-order valence-corrected chi connectivity index (χ0v) is 9.37. The van der Waals surface area contributed by atoms with Crippen molar-refractivity contribution in [3.8, 4) is 0 Å². The minimum atomic E-state index is -3.49. The van der Waals surface area contributed by atoms with Crippen LogP contribution < -0.4 is 5.32 Å². The van der Waals surface area contributed by atoms with Crippen molar-refractivity contribution in [2.75, 3.05) is 18.8 Å². The Balaban J connectivity index is 2.14. The Labute approximate surface area is 93.0 Å². The zero-order chi connectivity index (χ0) is 11.6. The van der Waals surface area contributed by atoms with Crippen molar-refractivity contribution in [1.29, 1.82) is 0 Å². The van der Waals surface area contributed by atoms with Gasteiger partial charge in [-0.1, -0.05) is 0 Å². The first-order chi connectivity index (χ1) is 7.58. The molecule has 1 saturated heterocycles. The molecule has 1 aromatic heterocycles. The number of aromatic nitrogens is 2. The molecule has 0 radical (unpaired) electrons. The van der Waals surface area contributed by atoms with Crippen molar-refractivity contribution in [3.05, 3.63) is 18.2 Å². The molecular formula is C9H12FN3O2S. The molecule has 1 atom stereocenters. The molecule has 1 N–H and O–H groups in total. The summed E-state index contributed by atoms with van der Waals surface area (Å²) in [6, 6.07) is 0. The Bertz CT molecular complexity index is 454. The summed E-state index contributed by atoms with van der Waals surface area (Å²) in [5.41, 5.74) is 0. The number of nitrogens with one attached hydrogen (secondary N) is 1. The van der Waals surface area contributed by atoms with Crippen molar-refractivity contribution in [3.63, 3.8) is 0 Å². The van der Waals surface area contributed by atoms with Gasteiger partial charge < -0.3 is 5.32 Å². The highest BCUT2D eigenvalue weighted by Gasteiger charge is 2.25. The Morgan fingerprint density at radius 3 is 2.69 bits per heavy atom. The molecular weight excluding hydrogens is 233 g/mol. The number of halogens is 1. The summed E-state index contributed by atoms with van der Waals surface area (Å²) in [4.78, 5) is 7.00. The smallest absolute Gasteiger partial charge is 0.247 e. The lowest BCUT2D eigenvalue weighted by atomic mass is 10.2. The van der Waals surface area contributed by atoms with Gasteiger partial charge in [0.25, 0.3) is 0 Å². The van der Waals surface area contributed by atoms with E-state index in [1.54, 1.807) is 0 Å². The maximum absolute atomic E-state index is 12.5. The normalized spacial score (nSPS) is 21.2. The number of rotatable bonds is 3. The van der Waals surface area contributed by atoms with Crippen molar-refractivity contribution < 1.29 is 12.8 Å². The molecule has 0 amide bonds. The molecule has 1 fully saturated rings. The van der Waals surface area contributed by atoms with Crippen LogP contribution >= 0.6 is 0 Å². The third-order valence-electron chi connectivity index (χ3n) is 2.49. The van der Waals surface area contributed by atoms with Crippen LogP contribution in [0.1, 0.15) is 6.42 Å². The van der Waals surface area contributed by atoms with E-state index in [-0.39, 0.29) is 16.8 Å². The zero-order valence-electron chi connectivity index (χ0n) is 8.56. The standard InChI is InChI=1S/C9H12FN3O2S/c10-8-4-12-9(13-5-8)16(14,15)6-7-1-2-11-3-7/h4-5,7,11H,1-3,6H2/t7-/m0/s1. The van der Waals surface area contributed by atoms with Crippen LogP contribution in [0.15, 0.2) is 17.6 Å². The quantitative estimate of drug-likeness (QED) is 0.759.